The van der Waals surface area contributed by atoms with Gasteiger partial charge in [0.15, 0.2) is 0 Å². The Bertz CT molecular complexity index is 896. The fourth-order valence-electron chi connectivity index (χ4n) is 4.29. The Hall–Kier alpha value is -2.26. The molecule has 0 radical (unpaired) electrons. The lowest BCUT2D eigenvalue weighted by Crippen LogP contribution is -2.39. The number of benzene rings is 2. The molecule has 1 atom stereocenters. The van der Waals surface area contributed by atoms with Crippen LogP contribution in [0.2, 0.25) is 0 Å². The molecule has 0 saturated heterocycles. The quantitative estimate of drug-likeness (QED) is 0.740. The maximum absolute atomic E-state index is 5.41. The van der Waals surface area contributed by atoms with Crippen molar-refractivity contribution in [3.8, 4) is 5.75 Å². The van der Waals surface area contributed by atoms with Crippen LogP contribution < -0.4 is 4.74 Å². The summed E-state index contributed by atoms with van der Waals surface area (Å²) < 4.78 is 5.41. The van der Waals surface area contributed by atoms with Crippen molar-refractivity contribution in [1.82, 2.24) is 9.88 Å². The summed E-state index contributed by atoms with van der Waals surface area (Å²) in [5.74, 6) is 0.963. The van der Waals surface area contributed by atoms with Gasteiger partial charge in [-0.2, -0.15) is 0 Å². The molecule has 5 rings (SSSR count). The lowest BCUT2D eigenvalue weighted by molar-refractivity contribution is 0.158. The summed E-state index contributed by atoms with van der Waals surface area (Å²) in [5, 5.41) is 1.40. The number of hydrogen-bond acceptors (Lipinski definition) is 2. The van der Waals surface area contributed by atoms with Crippen LogP contribution in [-0.4, -0.2) is 23.5 Å². The number of aromatic amines is 1. The highest BCUT2D eigenvalue weighted by atomic mass is 16.5. The van der Waals surface area contributed by atoms with Crippen LogP contribution in [0.1, 0.15) is 28.4 Å². The molecule has 1 aromatic heterocycles. The summed E-state index contributed by atoms with van der Waals surface area (Å²) in [6.07, 6.45) is 2.20. The molecule has 2 aromatic carbocycles. The van der Waals surface area contributed by atoms with E-state index in [0.29, 0.717) is 6.04 Å². The number of ether oxygens (including phenoxy) is 1. The highest BCUT2D eigenvalue weighted by molar-refractivity contribution is 5.85. The van der Waals surface area contributed by atoms with E-state index in [-0.39, 0.29) is 0 Å². The standard InChI is InChI=1S/C20H20N2O/c1-23-15-7-6-13-12-22-9-8-17-16-4-2-3-5-18(16)21-20(17)19(22)11-14(13)10-15/h2-7,10,19,21H,8-9,11-12H2,1H3. The number of nitrogens with zero attached hydrogens (tertiary/aromatic N) is 1. The molecule has 116 valence electrons. The zero-order valence-corrected chi connectivity index (χ0v) is 13.3. The highest BCUT2D eigenvalue weighted by Crippen LogP contribution is 2.40. The van der Waals surface area contributed by atoms with Gasteiger partial charge >= 0.3 is 0 Å². The third-order valence-electron chi connectivity index (χ3n) is 5.47. The van der Waals surface area contributed by atoms with Gasteiger partial charge in [0.2, 0.25) is 0 Å². The maximum Gasteiger partial charge on any atom is 0.119 e. The molecule has 3 aromatic rings. The van der Waals surface area contributed by atoms with Crippen LogP contribution in [0.5, 0.6) is 5.75 Å². The number of aromatic nitrogens is 1. The second-order valence-corrected chi connectivity index (χ2v) is 6.64. The summed E-state index contributed by atoms with van der Waals surface area (Å²) in [6, 6.07) is 15.7. The van der Waals surface area contributed by atoms with Gasteiger partial charge in [0.1, 0.15) is 5.75 Å². The number of methoxy groups -OCH3 is 1. The molecule has 2 aliphatic rings. The Morgan fingerprint density at radius 1 is 1.13 bits per heavy atom. The fourth-order valence-corrected chi connectivity index (χ4v) is 4.29. The summed E-state index contributed by atoms with van der Waals surface area (Å²) in [4.78, 5) is 6.32. The molecular weight excluding hydrogens is 284 g/mol. The second-order valence-electron chi connectivity index (χ2n) is 6.64. The van der Waals surface area contributed by atoms with E-state index in [2.05, 4.69) is 52.3 Å². The van der Waals surface area contributed by atoms with Crippen LogP contribution in [0.4, 0.5) is 0 Å². The van der Waals surface area contributed by atoms with E-state index in [1.165, 1.54) is 33.3 Å². The van der Waals surface area contributed by atoms with Gasteiger partial charge in [0, 0.05) is 29.7 Å². The maximum atomic E-state index is 5.41. The summed E-state index contributed by atoms with van der Waals surface area (Å²) >= 11 is 0. The van der Waals surface area contributed by atoms with Crippen molar-refractivity contribution in [2.24, 2.45) is 0 Å². The molecule has 0 aliphatic carbocycles. The molecule has 0 amide bonds. The molecule has 1 unspecified atom stereocenters. The highest BCUT2D eigenvalue weighted by Gasteiger charge is 2.34. The second kappa shape index (κ2) is 4.87. The predicted molar refractivity (Wildman–Crippen MR) is 91.9 cm³/mol. The van der Waals surface area contributed by atoms with E-state index in [1.807, 2.05) is 0 Å². The lowest BCUT2D eigenvalue weighted by atomic mass is 9.87. The smallest absolute Gasteiger partial charge is 0.119 e. The van der Waals surface area contributed by atoms with Crippen molar-refractivity contribution < 1.29 is 4.74 Å². The summed E-state index contributed by atoms with van der Waals surface area (Å²) in [7, 11) is 1.74. The van der Waals surface area contributed by atoms with Gasteiger partial charge in [0.25, 0.3) is 0 Å². The number of para-hydroxylation sites is 1. The Labute approximate surface area is 135 Å². The van der Waals surface area contributed by atoms with Crippen molar-refractivity contribution in [1.29, 1.82) is 0 Å². The molecule has 1 N–H and O–H groups in total. The van der Waals surface area contributed by atoms with Crippen LogP contribution in [-0.2, 0) is 19.4 Å². The molecule has 0 spiro atoms. The molecule has 0 fully saturated rings. The van der Waals surface area contributed by atoms with Crippen LogP contribution in [0.3, 0.4) is 0 Å². The molecule has 0 saturated carbocycles. The minimum absolute atomic E-state index is 0.464. The zero-order chi connectivity index (χ0) is 15.4. The normalized spacial score (nSPS) is 20.0. The van der Waals surface area contributed by atoms with E-state index in [9.17, 15) is 0 Å². The van der Waals surface area contributed by atoms with Gasteiger partial charge in [-0.05, 0) is 47.7 Å². The van der Waals surface area contributed by atoms with Crippen molar-refractivity contribution in [2.75, 3.05) is 13.7 Å². The number of fused-ring (bicyclic) bond motifs is 6. The summed E-state index contributed by atoms with van der Waals surface area (Å²) in [6.45, 7) is 2.18. The number of hydrogen-bond donors (Lipinski definition) is 1. The number of H-pyrrole nitrogens is 1. The van der Waals surface area contributed by atoms with Crippen LogP contribution in [0.25, 0.3) is 10.9 Å². The van der Waals surface area contributed by atoms with E-state index >= 15 is 0 Å². The molecule has 2 aliphatic heterocycles. The SMILES string of the molecule is COc1ccc2c(c1)CC1c3[nH]c4ccccc4c3CCN1C2. The molecule has 23 heavy (non-hydrogen) atoms. The van der Waals surface area contributed by atoms with Gasteiger partial charge < -0.3 is 9.72 Å². The first-order valence-corrected chi connectivity index (χ1v) is 8.33. The first-order valence-electron chi connectivity index (χ1n) is 8.33. The predicted octanol–water partition coefficient (Wildman–Crippen LogP) is 3.83. The first-order chi connectivity index (χ1) is 11.3. The Morgan fingerprint density at radius 2 is 2.04 bits per heavy atom. The largest absolute Gasteiger partial charge is 0.497 e. The van der Waals surface area contributed by atoms with Crippen molar-refractivity contribution in [2.45, 2.75) is 25.4 Å². The third kappa shape index (κ3) is 1.93. The number of nitrogens with one attached hydrogen (secondary N) is 1. The summed E-state index contributed by atoms with van der Waals surface area (Å²) in [5.41, 5.74) is 7.09. The first kappa shape index (κ1) is 13.2. The van der Waals surface area contributed by atoms with Crippen LogP contribution >= 0.6 is 0 Å². The van der Waals surface area contributed by atoms with Gasteiger partial charge in [-0.1, -0.05) is 24.3 Å². The molecule has 0 bridgehead atoms. The molecular formula is C20H20N2O. The van der Waals surface area contributed by atoms with Crippen LogP contribution in [0, 0.1) is 0 Å². The van der Waals surface area contributed by atoms with Gasteiger partial charge in [0.05, 0.1) is 13.2 Å². The van der Waals surface area contributed by atoms with Crippen molar-refractivity contribution in [3.63, 3.8) is 0 Å². The Balaban J connectivity index is 1.62. The minimum atomic E-state index is 0.464. The van der Waals surface area contributed by atoms with Crippen molar-refractivity contribution in [3.05, 3.63) is 64.8 Å². The molecule has 3 heteroatoms. The minimum Gasteiger partial charge on any atom is -0.497 e. The molecule has 3 nitrogen and oxygen atoms in total. The molecule has 3 heterocycles. The Morgan fingerprint density at radius 3 is 2.96 bits per heavy atom. The Kier molecular flexibility index (Phi) is 2.79. The average Bonchev–Trinajstić information content (AvgIpc) is 2.98. The van der Waals surface area contributed by atoms with E-state index < -0.39 is 0 Å². The monoisotopic (exact) mass is 304 g/mol. The third-order valence-corrected chi connectivity index (χ3v) is 5.47. The van der Waals surface area contributed by atoms with Crippen LogP contribution in [0.15, 0.2) is 42.5 Å². The van der Waals surface area contributed by atoms with Crippen molar-refractivity contribution >= 4 is 10.9 Å². The average molecular weight is 304 g/mol. The number of rotatable bonds is 1. The van der Waals surface area contributed by atoms with E-state index in [4.69, 9.17) is 4.74 Å². The topological polar surface area (TPSA) is 28.3 Å². The van der Waals surface area contributed by atoms with E-state index in [1.54, 1.807) is 7.11 Å². The van der Waals surface area contributed by atoms with Gasteiger partial charge in [-0.25, -0.2) is 0 Å². The van der Waals surface area contributed by atoms with Gasteiger partial charge in [-0.15, -0.1) is 0 Å². The fraction of sp³-hybridized carbons (Fsp3) is 0.300. The lowest BCUT2D eigenvalue weighted by Gasteiger charge is -2.40. The van der Waals surface area contributed by atoms with Gasteiger partial charge in [-0.3, -0.25) is 4.90 Å². The zero-order valence-electron chi connectivity index (χ0n) is 13.3. The van der Waals surface area contributed by atoms with E-state index in [0.717, 1.165) is 31.7 Å².